The summed E-state index contributed by atoms with van der Waals surface area (Å²) in [6.07, 6.45) is 5.06. The summed E-state index contributed by atoms with van der Waals surface area (Å²) in [6.45, 7) is 3.63. The second kappa shape index (κ2) is 10.1. The third-order valence-corrected chi connectivity index (χ3v) is 7.33. The molecule has 1 aliphatic heterocycles. The topological polar surface area (TPSA) is 111 Å². The van der Waals surface area contributed by atoms with Crippen LogP contribution in [0.25, 0.3) is 0 Å². The highest BCUT2D eigenvalue weighted by Gasteiger charge is 2.47. The van der Waals surface area contributed by atoms with Crippen molar-refractivity contribution in [2.45, 2.75) is 64.4 Å². The van der Waals surface area contributed by atoms with E-state index < -0.39 is 23.8 Å². The van der Waals surface area contributed by atoms with Crippen LogP contribution < -0.4 is 10.1 Å². The van der Waals surface area contributed by atoms with E-state index in [9.17, 15) is 19.5 Å². The summed E-state index contributed by atoms with van der Waals surface area (Å²) in [5, 5.41) is 13.8. The van der Waals surface area contributed by atoms with Crippen LogP contribution in [0.15, 0.2) is 40.7 Å². The number of nitrogens with one attached hydrogen (secondary N) is 1. The van der Waals surface area contributed by atoms with Gasteiger partial charge in [0.2, 0.25) is 0 Å². The fraction of sp³-hybridized carbons (Fsp3) is 0.519. The molecular formula is C27H33NO7. The summed E-state index contributed by atoms with van der Waals surface area (Å²) in [5.74, 6) is -3.33. The van der Waals surface area contributed by atoms with Gasteiger partial charge in [0.25, 0.3) is 0 Å². The van der Waals surface area contributed by atoms with Gasteiger partial charge < -0.3 is 24.6 Å². The van der Waals surface area contributed by atoms with Crippen LogP contribution in [0.2, 0.25) is 0 Å². The Hall–Kier alpha value is -3.29. The van der Waals surface area contributed by atoms with E-state index in [0.29, 0.717) is 34.5 Å². The van der Waals surface area contributed by atoms with Gasteiger partial charge >= 0.3 is 11.9 Å². The molecule has 0 unspecified atom stereocenters. The van der Waals surface area contributed by atoms with Crippen LogP contribution in [0, 0.1) is 11.8 Å². The molecule has 3 aliphatic rings. The van der Waals surface area contributed by atoms with Crippen LogP contribution in [-0.4, -0.2) is 43.2 Å². The fourth-order valence-electron chi connectivity index (χ4n) is 5.57. The minimum absolute atomic E-state index is 0.107. The number of Topliss-reactive ketones (excluding diaryl/α,β-unsaturated/α-hetero) is 1. The van der Waals surface area contributed by atoms with Crippen LogP contribution >= 0.6 is 0 Å². The second-order valence-electron chi connectivity index (χ2n) is 9.63. The number of ketones is 1. The van der Waals surface area contributed by atoms with Gasteiger partial charge in [-0.25, -0.2) is 4.79 Å². The number of hydrogen-bond acceptors (Lipinski definition) is 8. The van der Waals surface area contributed by atoms with Gasteiger partial charge in [-0.1, -0.05) is 19.4 Å². The van der Waals surface area contributed by atoms with Crippen molar-refractivity contribution in [2.75, 3.05) is 14.2 Å². The zero-order chi connectivity index (χ0) is 25.3. The number of carbonyl (C=O) groups excluding carboxylic acids is 3. The molecule has 0 radical (unpaired) electrons. The molecule has 1 fully saturated rings. The number of phenolic OH excluding ortho intramolecular Hbond substituents is 1. The number of ether oxygens (including phenoxy) is 3. The normalized spacial score (nSPS) is 25.0. The van der Waals surface area contributed by atoms with E-state index >= 15 is 0 Å². The monoisotopic (exact) mass is 483 g/mol. The molecule has 0 amide bonds. The molecule has 3 atom stereocenters. The number of benzene rings is 1. The van der Waals surface area contributed by atoms with Gasteiger partial charge in [-0.3, -0.25) is 9.59 Å². The van der Waals surface area contributed by atoms with Crippen LogP contribution in [0.3, 0.4) is 0 Å². The number of rotatable bonds is 5. The Bertz CT molecular complexity index is 1100. The van der Waals surface area contributed by atoms with E-state index in [1.165, 1.54) is 20.3 Å². The Morgan fingerprint density at radius 2 is 1.83 bits per heavy atom. The zero-order valence-corrected chi connectivity index (χ0v) is 20.7. The Balaban J connectivity index is 1.81. The Morgan fingerprint density at radius 3 is 2.46 bits per heavy atom. The number of allylic oxidation sites excluding steroid dienone is 3. The Kier molecular flexibility index (Phi) is 7.19. The highest BCUT2D eigenvalue weighted by Crippen LogP contribution is 2.47. The number of dihydropyridines is 1. The molecule has 35 heavy (non-hydrogen) atoms. The summed E-state index contributed by atoms with van der Waals surface area (Å²) in [4.78, 5) is 39.9. The second-order valence-corrected chi connectivity index (χ2v) is 9.63. The molecule has 0 aromatic heterocycles. The number of aromatic hydroxyl groups is 1. The molecule has 8 nitrogen and oxygen atoms in total. The van der Waals surface area contributed by atoms with Gasteiger partial charge in [-0.05, 0) is 62.6 Å². The van der Waals surface area contributed by atoms with Crippen molar-refractivity contribution in [3.8, 4) is 11.5 Å². The fourth-order valence-corrected chi connectivity index (χ4v) is 5.57. The smallest absolute Gasteiger partial charge is 0.337 e. The Morgan fingerprint density at radius 1 is 1.11 bits per heavy atom. The first-order chi connectivity index (χ1) is 16.8. The standard InChI is InChI=1S/C27H33NO7/c1-14-12-18-24(25(30)21(14)26(31)34-4)23(16-10-11-20(33-3)19(29)13-16)22(15(2)28-18)27(32)35-17-8-6-5-7-9-17/h10-11,13-14,17,21,23,28-29H,5-9,12H2,1-4H3/t14-,21+,23-/m1/s1. The first-order valence-electron chi connectivity index (χ1n) is 12.2. The van der Waals surface area contributed by atoms with Gasteiger partial charge in [-0.2, -0.15) is 0 Å². The predicted octanol–water partition coefficient (Wildman–Crippen LogP) is 3.89. The summed E-state index contributed by atoms with van der Waals surface area (Å²) in [5.41, 5.74) is 2.46. The number of hydrogen-bond donors (Lipinski definition) is 2. The molecule has 2 N–H and O–H groups in total. The van der Waals surface area contributed by atoms with Gasteiger partial charge in [0.05, 0.1) is 19.8 Å². The molecule has 1 aromatic carbocycles. The summed E-state index contributed by atoms with van der Waals surface area (Å²) in [7, 11) is 2.71. The average molecular weight is 484 g/mol. The minimum Gasteiger partial charge on any atom is -0.504 e. The first-order valence-corrected chi connectivity index (χ1v) is 12.2. The van der Waals surface area contributed by atoms with Gasteiger partial charge in [-0.15, -0.1) is 0 Å². The summed E-state index contributed by atoms with van der Waals surface area (Å²) >= 11 is 0. The lowest BCUT2D eigenvalue weighted by molar-refractivity contribution is -0.151. The van der Waals surface area contributed by atoms with Crippen molar-refractivity contribution < 1.29 is 33.7 Å². The number of phenols is 1. The van der Waals surface area contributed by atoms with Crippen molar-refractivity contribution in [3.63, 3.8) is 0 Å². The lowest BCUT2D eigenvalue weighted by Crippen LogP contribution is -2.43. The largest absolute Gasteiger partial charge is 0.504 e. The van der Waals surface area contributed by atoms with Crippen molar-refractivity contribution >= 4 is 17.7 Å². The van der Waals surface area contributed by atoms with E-state index in [-0.39, 0.29) is 29.3 Å². The van der Waals surface area contributed by atoms with Crippen molar-refractivity contribution in [3.05, 3.63) is 46.3 Å². The molecule has 1 heterocycles. The molecule has 2 aliphatic carbocycles. The zero-order valence-electron chi connectivity index (χ0n) is 20.7. The van der Waals surface area contributed by atoms with E-state index in [1.807, 2.05) is 6.92 Å². The molecule has 1 saturated carbocycles. The van der Waals surface area contributed by atoms with Crippen LogP contribution in [0.1, 0.15) is 63.9 Å². The quantitative estimate of drug-likeness (QED) is 0.479. The molecule has 8 heteroatoms. The average Bonchev–Trinajstić information content (AvgIpc) is 2.83. The van der Waals surface area contributed by atoms with E-state index in [2.05, 4.69) is 5.32 Å². The van der Waals surface area contributed by atoms with Crippen LogP contribution in [-0.2, 0) is 23.9 Å². The SMILES string of the molecule is COC(=O)[C@@H]1C(=O)C2=C(C[C@H]1C)NC(C)=C(C(=O)OC1CCCCC1)[C@H]2c1ccc(OC)c(O)c1. The van der Waals surface area contributed by atoms with Crippen molar-refractivity contribution in [1.29, 1.82) is 0 Å². The van der Waals surface area contributed by atoms with Crippen LogP contribution in [0.5, 0.6) is 11.5 Å². The first kappa shape index (κ1) is 24.8. The van der Waals surface area contributed by atoms with Crippen LogP contribution in [0.4, 0.5) is 0 Å². The maximum absolute atomic E-state index is 13.8. The number of methoxy groups -OCH3 is 2. The molecule has 0 spiro atoms. The molecule has 4 rings (SSSR count). The third kappa shape index (κ3) is 4.66. The lowest BCUT2D eigenvalue weighted by Gasteiger charge is -2.38. The van der Waals surface area contributed by atoms with E-state index in [0.717, 1.165) is 32.1 Å². The van der Waals surface area contributed by atoms with Crippen molar-refractivity contribution in [2.24, 2.45) is 11.8 Å². The highest BCUT2D eigenvalue weighted by atomic mass is 16.5. The van der Waals surface area contributed by atoms with Gasteiger partial charge in [0.1, 0.15) is 12.0 Å². The summed E-state index contributed by atoms with van der Waals surface area (Å²) in [6, 6.07) is 4.82. The number of carbonyl (C=O) groups is 3. The third-order valence-electron chi connectivity index (χ3n) is 7.33. The van der Waals surface area contributed by atoms with E-state index in [4.69, 9.17) is 14.2 Å². The highest BCUT2D eigenvalue weighted by molar-refractivity contribution is 6.12. The van der Waals surface area contributed by atoms with Gasteiger partial charge in [0, 0.05) is 22.9 Å². The lowest BCUT2D eigenvalue weighted by atomic mass is 9.69. The molecule has 1 aromatic rings. The Labute approximate surface area is 205 Å². The molecule has 188 valence electrons. The maximum Gasteiger partial charge on any atom is 0.337 e. The molecular weight excluding hydrogens is 450 g/mol. The summed E-state index contributed by atoms with van der Waals surface area (Å²) < 4.78 is 16.0. The minimum atomic E-state index is -0.969. The predicted molar refractivity (Wildman–Crippen MR) is 128 cm³/mol. The van der Waals surface area contributed by atoms with Crippen molar-refractivity contribution in [1.82, 2.24) is 5.32 Å². The van der Waals surface area contributed by atoms with E-state index in [1.54, 1.807) is 19.1 Å². The maximum atomic E-state index is 13.8. The van der Waals surface area contributed by atoms with Gasteiger partial charge in [0.15, 0.2) is 17.3 Å². The number of esters is 2. The molecule has 0 saturated heterocycles. The molecule has 0 bridgehead atoms.